The molecule has 1 saturated heterocycles. The van der Waals surface area contributed by atoms with Crippen molar-refractivity contribution in [2.45, 2.75) is 45.3 Å². The zero-order valence-electron chi connectivity index (χ0n) is 23.0. The fourth-order valence-corrected chi connectivity index (χ4v) is 5.56. The Hall–Kier alpha value is -4.23. The number of aromatic nitrogens is 2. The van der Waals surface area contributed by atoms with Crippen LogP contribution in [-0.4, -0.2) is 46.5 Å². The van der Waals surface area contributed by atoms with E-state index >= 15 is 0 Å². The van der Waals surface area contributed by atoms with Crippen molar-refractivity contribution in [2.24, 2.45) is 0 Å². The SMILES string of the molecule is Cc1ccc2nc(N3CC=CC3)nc(NCc3ccc(NC(=O)C4CCCCN4Cc4ccccc4)cc3)c2c1. The highest BCUT2D eigenvalue weighted by Gasteiger charge is 2.28. The molecule has 204 valence electrons. The van der Waals surface area contributed by atoms with Crippen LogP contribution in [0.25, 0.3) is 10.9 Å². The van der Waals surface area contributed by atoms with E-state index in [1.165, 1.54) is 11.1 Å². The van der Waals surface area contributed by atoms with Crippen LogP contribution in [0.2, 0.25) is 0 Å². The fraction of sp³-hybridized carbons (Fsp3) is 0.303. The second kappa shape index (κ2) is 11.9. The number of carbonyl (C=O) groups excluding carboxylic acids is 1. The number of carbonyl (C=O) groups is 1. The average Bonchev–Trinajstić information content (AvgIpc) is 3.53. The lowest BCUT2D eigenvalue weighted by molar-refractivity contribution is -0.122. The summed E-state index contributed by atoms with van der Waals surface area (Å²) in [4.78, 5) is 27.4. The Bertz CT molecular complexity index is 1490. The van der Waals surface area contributed by atoms with E-state index in [-0.39, 0.29) is 11.9 Å². The molecule has 40 heavy (non-hydrogen) atoms. The Morgan fingerprint density at radius 2 is 1.73 bits per heavy atom. The molecule has 7 heteroatoms. The minimum atomic E-state index is -0.107. The molecule has 1 atom stereocenters. The van der Waals surface area contributed by atoms with Crippen LogP contribution in [0.5, 0.6) is 0 Å². The Labute approximate surface area is 235 Å². The van der Waals surface area contributed by atoms with Gasteiger partial charge in [0.25, 0.3) is 0 Å². The lowest BCUT2D eigenvalue weighted by Crippen LogP contribution is -2.46. The third-order valence-corrected chi connectivity index (χ3v) is 7.77. The number of rotatable bonds is 8. The summed E-state index contributed by atoms with van der Waals surface area (Å²) in [7, 11) is 0. The van der Waals surface area contributed by atoms with E-state index in [0.29, 0.717) is 6.54 Å². The van der Waals surface area contributed by atoms with E-state index in [1.54, 1.807) is 0 Å². The van der Waals surface area contributed by atoms with Gasteiger partial charge >= 0.3 is 0 Å². The molecular formula is C33H36N6O. The van der Waals surface area contributed by atoms with Crippen LogP contribution in [0, 0.1) is 6.92 Å². The average molecular weight is 533 g/mol. The molecule has 2 aliphatic rings. The van der Waals surface area contributed by atoms with Crippen molar-refractivity contribution in [3.63, 3.8) is 0 Å². The van der Waals surface area contributed by atoms with Gasteiger partial charge in [-0.3, -0.25) is 9.69 Å². The summed E-state index contributed by atoms with van der Waals surface area (Å²) in [6, 6.07) is 24.7. The van der Waals surface area contributed by atoms with Crippen molar-refractivity contribution in [3.05, 3.63) is 102 Å². The molecule has 7 nitrogen and oxygen atoms in total. The standard InChI is InChI=1S/C33H36N6O/c1-24-12-17-29-28(21-24)31(37-33(36-29)38-18-7-8-19-38)34-22-25-13-15-27(16-14-25)35-32(40)30-11-5-6-20-39(30)23-26-9-3-2-4-10-26/h2-4,7-10,12-17,21,30H,5-6,11,18-20,22-23H2,1H3,(H,35,40)(H,34,36,37). The Balaban J connectivity index is 1.11. The maximum absolute atomic E-state index is 13.3. The summed E-state index contributed by atoms with van der Waals surface area (Å²) >= 11 is 0. The molecule has 3 heterocycles. The summed E-state index contributed by atoms with van der Waals surface area (Å²) in [6.45, 7) is 6.12. The number of nitrogens with zero attached hydrogens (tertiary/aromatic N) is 4. The first-order valence-electron chi connectivity index (χ1n) is 14.2. The van der Waals surface area contributed by atoms with Crippen LogP contribution in [0.3, 0.4) is 0 Å². The molecule has 1 unspecified atom stereocenters. The van der Waals surface area contributed by atoms with Crippen molar-refractivity contribution >= 4 is 34.3 Å². The molecule has 4 aromatic rings. The van der Waals surface area contributed by atoms with Crippen molar-refractivity contribution in [1.29, 1.82) is 0 Å². The minimum absolute atomic E-state index is 0.0771. The molecule has 0 bridgehead atoms. The van der Waals surface area contributed by atoms with E-state index in [9.17, 15) is 4.79 Å². The summed E-state index contributed by atoms with van der Waals surface area (Å²) < 4.78 is 0. The van der Waals surface area contributed by atoms with Gasteiger partial charge in [0.15, 0.2) is 0 Å². The predicted molar refractivity (Wildman–Crippen MR) is 163 cm³/mol. The number of hydrogen-bond donors (Lipinski definition) is 2. The molecule has 6 rings (SSSR count). The summed E-state index contributed by atoms with van der Waals surface area (Å²) in [6.07, 6.45) is 7.40. The van der Waals surface area contributed by atoms with E-state index in [0.717, 1.165) is 79.4 Å². The highest BCUT2D eigenvalue weighted by Crippen LogP contribution is 2.26. The number of hydrogen-bond acceptors (Lipinski definition) is 6. The highest BCUT2D eigenvalue weighted by molar-refractivity contribution is 5.95. The molecule has 0 spiro atoms. The topological polar surface area (TPSA) is 73.4 Å². The van der Waals surface area contributed by atoms with E-state index in [1.807, 2.05) is 18.2 Å². The first kappa shape index (κ1) is 26.0. The van der Waals surface area contributed by atoms with Gasteiger partial charge in [-0.25, -0.2) is 4.98 Å². The number of nitrogens with one attached hydrogen (secondary N) is 2. The number of amides is 1. The highest BCUT2D eigenvalue weighted by atomic mass is 16.2. The Morgan fingerprint density at radius 3 is 2.52 bits per heavy atom. The van der Waals surface area contributed by atoms with Gasteiger partial charge in [0.1, 0.15) is 5.82 Å². The van der Waals surface area contributed by atoms with Gasteiger partial charge in [0.2, 0.25) is 11.9 Å². The zero-order chi connectivity index (χ0) is 27.3. The van der Waals surface area contributed by atoms with E-state index < -0.39 is 0 Å². The van der Waals surface area contributed by atoms with Gasteiger partial charge in [-0.15, -0.1) is 0 Å². The molecule has 0 radical (unpaired) electrons. The van der Waals surface area contributed by atoms with E-state index in [2.05, 4.69) is 94.1 Å². The van der Waals surface area contributed by atoms with Crippen molar-refractivity contribution < 1.29 is 4.79 Å². The van der Waals surface area contributed by atoms with Crippen molar-refractivity contribution in [2.75, 3.05) is 35.2 Å². The minimum Gasteiger partial charge on any atom is -0.365 e. The van der Waals surface area contributed by atoms with E-state index in [4.69, 9.17) is 9.97 Å². The lowest BCUT2D eigenvalue weighted by Gasteiger charge is -2.34. The predicted octanol–water partition coefficient (Wildman–Crippen LogP) is 5.92. The van der Waals surface area contributed by atoms with Gasteiger partial charge in [-0.1, -0.05) is 72.7 Å². The van der Waals surface area contributed by atoms with Gasteiger partial charge in [-0.05, 0) is 61.7 Å². The largest absolute Gasteiger partial charge is 0.365 e. The molecule has 1 amide bonds. The maximum Gasteiger partial charge on any atom is 0.241 e. The van der Waals surface area contributed by atoms with Gasteiger partial charge < -0.3 is 15.5 Å². The maximum atomic E-state index is 13.3. The quantitative estimate of drug-likeness (QED) is 0.275. The third-order valence-electron chi connectivity index (χ3n) is 7.77. The van der Waals surface area contributed by atoms with Gasteiger partial charge in [-0.2, -0.15) is 4.98 Å². The fourth-order valence-electron chi connectivity index (χ4n) is 5.56. The Kier molecular flexibility index (Phi) is 7.73. The monoisotopic (exact) mass is 532 g/mol. The summed E-state index contributed by atoms with van der Waals surface area (Å²) in [5.74, 6) is 1.66. The normalized spacial score (nSPS) is 17.3. The van der Waals surface area contributed by atoms with Gasteiger partial charge in [0.05, 0.1) is 11.6 Å². The van der Waals surface area contributed by atoms with Crippen molar-refractivity contribution in [3.8, 4) is 0 Å². The number of piperidine rings is 1. The molecule has 1 fully saturated rings. The van der Waals surface area contributed by atoms with Gasteiger partial charge in [0, 0.05) is 37.3 Å². The molecule has 2 aliphatic heterocycles. The zero-order valence-corrected chi connectivity index (χ0v) is 23.0. The van der Waals surface area contributed by atoms with Crippen LogP contribution in [0.1, 0.15) is 36.0 Å². The molecule has 1 aromatic heterocycles. The summed E-state index contributed by atoms with van der Waals surface area (Å²) in [5, 5.41) is 7.73. The molecule has 0 aliphatic carbocycles. The molecule has 0 saturated carbocycles. The number of fused-ring (bicyclic) bond motifs is 1. The second-order valence-electron chi connectivity index (χ2n) is 10.8. The van der Waals surface area contributed by atoms with Crippen LogP contribution in [0.4, 0.5) is 17.5 Å². The second-order valence-corrected chi connectivity index (χ2v) is 10.8. The number of benzene rings is 3. The first-order chi connectivity index (χ1) is 19.6. The van der Waals surface area contributed by atoms with Crippen molar-refractivity contribution in [1.82, 2.24) is 14.9 Å². The van der Waals surface area contributed by atoms with Crippen LogP contribution < -0.4 is 15.5 Å². The lowest BCUT2D eigenvalue weighted by atomic mass is 10.00. The Morgan fingerprint density at radius 1 is 0.925 bits per heavy atom. The number of likely N-dealkylation sites (tertiary alicyclic amines) is 1. The molecular weight excluding hydrogens is 496 g/mol. The number of aryl methyl sites for hydroxylation is 1. The summed E-state index contributed by atoms with van der Waals surface area (Å²) in [5.41, 5.74) is 5.30. The van der Waals surface area contributed by atoms with Crippen LogP contribution in [-0.2, 0) is 17.9 Å². The third kappa shape index (κ3) is 6.00. The number of anilines is 3. The van der Waals surface area contributed by atoms with Crippen LogP contribution >= 0.6 is 0 Å². The molecule has 2 N–H and O–H groups in total. The first-order valence-corrected chi connectivity index (χ1v) is 14.2. The van der Waals surface area contributed by atoms with Crippen LogP contribution in [0.15, 0.2) is 84.9 Å². The molecule has 3 aromatic carbocycles. The smallest absolute Gasteiger partial charge is 0.241 e.